The number of ether oxygens (including phenoxy) is 2. The van der Waals surface area contributed by atoms with Gasteiger partial charge in [0.15, 0.2) is 11.5 Å². The van der Waals surface area contributed by atoms with E-state index in [4.69, 9.17) is 21.1 Å². The van der Waals surface area contributed by atoms with Gasteiger partial charge in [-0.1, -0.05) is 23.7 Å². The van der Waals surface area contributed by atoms with Gasteiger partial charge in [0, 0.05) is 12.7 Å². The molecule has 0 unspecified atom stereocenters. The number of nitrogens with one attached hydrogen (secondary N) is 1. The maximum Gasteiger partial charge on any atom is 0.161 e. The lowest BCUT2D eigenvalue weighted by molar-refractivity contribution is 0.284. The first-order chi connectivity index (χ1) is 11.7. The van der Waals surface area contributed by atoms with Crippen LogP contribution in [-0.2, 0) is 13.2 Å². The van der Waals surface area contributed by atoms with E-state index in [1.165, 1.54) is 11.3 Å². The van der Waals surface area contributed by atoms with Crippen molar-refractivity contribution in [3.05, 3.63) is 63.7 Å². The quantitative estimate of drug-likeness (QED) is 0.676. The summed E-state index contributed by atoms with van der Waals surface area (Å²) in [6.07, 6.45) is 3.37. The van der Waals surface area contributed by atoms with Gasteiger partial charge in [-0.05, 0) is 29.8 Å². The minimum atomic E-state index is 0.360. The summed E-state index contributed by atoms with van der Waals surface area (Å²) in [5.74, 6) is 2.18. The summed E-state index contributed by atoms with van der Waals surface area (Å²) in [5.41, 5.74) is 1.07. The Hall–Kier alpha value is -2.31. The maximum atomic E-state index is 5.87. The molecule has 1 aromatic carbocycles. The Morgan fingerprint density at radius 3 is 2.79 bits per heavy atom. The van der Waals surface area contributed by atoms with E-state index < -0.39 is 0 Å². The lowest BCUT2D eigenvalue weighted by atomic mass is 10.2. The van der Waals surface area contributed by atoms with Gasteiger partial charge >= 0.3 is 0 Å². The van der Waals surface area contributed by atoms with Crippen molar-refractivity contribution in [1.82, 2.24) is 9.97 Å². The summed E-state index contributed by atoms with van der Waals surface area (Å²) < 4.78 is 11.8. The van der Waals surface area contributed by atoms with E-state index >= 15 is 0 Å². The third-order valence-corrected chi connectivity index (χ3v) is 4.33. The molecule has 0 amide bonds. The van der Waals surface area contributed by atoms with Crippen LogP contribution in [0.1, 0.15) is 10.6 Å². The summed E-state index contributed by atoms with van der Waals surface area (Å²) in [7, 11) is 1.62. The second-order valence-corrected chi connectivity index (χ2v) is 6.65. The van der Waals surface area contributed by atoms with Crippen LogP contribution in [0.25, 0.3) is 0 Å². The van der Waals surface area contributed by atoms with E-state index in [0.29, 0.717) is 29.0 Å². The number of nitrogens with zero attached hydrogens (tertiary/aromatic N) is 2. The fourth-order valence-corrected chi connectivity index (χ4v) is 2.97. The molecular formula is C17H16ClN3O2S. The van der Waals surface area contributed by atoms with Crippen LogP contribution in [-0.4, -0.2) is 17.1 Å². The average molecular weight is 362 g/mol. The molecule has 7 heteroatoms. The van der Waals surface area contributed by atoms with Gasteiger partial charge in [-0.25, -0.2) is 9.97 Å². The molecule has 0 aliphatic heterocycles. The lowest BCUT2D eigenvalue weighted by Gasteiger charge is -2.12. The molecular weight excluding hydrogens is 346 g/mol. The van der Waals surface area contributed by atoms with Gasteiger partial charge in [-0.15, -0.1) is 11.3 Å². The molecule has 2 heterocycles. The van der Waals surface area contributed by atoms with Crippen molar-refractivity contribution < 1.29 is 9.47 Å². The van der Waals surface area contributed by atoms with E-state index in [9.17, 15) is 0 Å². The smallest absolute Gasteiger partial charge is 0.161 e. The highest BCUT2D eigenvalue weighted by Crippen LogP contribution is 2.30. The second kappa shape index (κ2) is 7.99. The summed E-state index contributed by atoms with van der Waals surface area (Å²) in [6, 6.07) is 11.6. The third-order valence-electron chi connectivity index (χ3n) is 3.24. The van der Waals surface area contributed by atoms with Crippen LogP contribution in [0.2, 0.25) is 4.34 Å². The van der Waals surface area contributed by atoms with E-state index in [0.717, 1.165) is 16.4 Å². The van der Waals surface area contributed by atoms with Crippen LogP contribution in [0.3, 0.4) is 0 Å². The van der Waals surface area contributed by atoms with Gasteiger partial charge in [-0.3, -0.25) is 0 Å². The number of hydrogen-bond donors (Lipinski definition) is 1. The SMILES string of the molecule is COc1cc(CNc2ccccn2)ccc1OCc1ncc(Cl)s1. The zero-order valence-corrected chi connectivity index (χ0v) is 14.6. The Morgan fingerprint density at radius 1 is 1.17 bits per heavy atom. The first-order valence-corrected chi connectivity index (χ1v) is 8.49. The van der Waals surface area contributed by atoms with Crippen molar-refractivity contribution >= 4 is 28.8 Å². The Kier molecular flexibility index (Phi) is 5.51. The van der Waals surface area contributed by atoms with Crippen LogP contribution in [0.15, 0.2) is 48.8 Å². The van der Waals surface area contributed by atoms with Crippen molar-refractivity contribution in [3.63, 3.8) is 0 Å². The molecule has 3 rings (SSSR count). The number of hydrogen-bond acceptors (Lipinski definition) is 6. The predicted octanol–water partition coefficient (Wildman–Crippen LogP) is 4.39. The molecule has 24 heavy (non-hydrogen) atoms. The third kappa shape index (κ3) is 4.37. The number of halogens is 1. The first kappa shape index (κ1) is 16.5. The number of pyridine rings is 1. The highest BCUT2D eigenvalue weighted by atomic mass is 35.5. The number of benzene rings is 1. The zero-order valence-electron chi connectivity index (χ0n) is 13.0. The molecule has 0 bridgehead atoms. The predicted molar refractivity (Wildman–Crippen MR) is 96.0 cm³/mol. The Morgan fingerprint density at radius 2 is 2.08 bits per heavy atom. The zero-order chi connectivity index (χ0) is 16.8. The van der Waals surface area contributed by atoms with Crippen molar-refractivity contribution in [2.24, 2.45) is 0 Å². The van der Waals surface area contributed by atoms with Gasteiger partial charge < -0.3 is 14.8 Å². The fourth-order valence-electron chi connectivity index (χ4n) is 2.10. The van der Waals surface area contributed by atoms with Crippen molar-refractivity contribution in [2.75, 3.05) is 12.4 Å². The molecule has 124 valence electrons. The van der Waals surface area contributed by atoms with E-state index in [1.807, 2.05) is 36.4 Å². The van der Waals surface area contributed by atoms with Gasteiger partial charge in [-0.2, -0.15) is 0 Å². The van der Waals surface area contributed by atoms with Crippen LogP contribution in [0.5, 0.6) is 11.5 Å². The average Bonchev–Trinajstić information content (AvgIpc) is 3.04. The summed E-state index contributed by atoms with van der Waals surface area (Å²) in [4.78, 5) is 8.41. The van der Waals surface area contributed by atoms with Crippen molar-refractivity contribution in [3.8, 4) is 11.5 Å². The van der Waals surface area contributed by atoms with Gasteiger partial charge in [0.25, 0.3) is 0 Å². The van der Waals surface area contributed by atoms with Crippen LogP contribution in [0, 0.1) is 0 Å². The number of thiazole rings is 1. The number of rotatable bonds is 7. The largest absolute Gasteiger partial charge is 0.493 e. The summed E-state index contributed by atoms with van der Waals surface area (Å²) in [6.45, 7) is 1.01. The molecule has 0 atom stereocenters. The Labute approximate surface area is 149 Å². The molecule has 0 saturated heterocycles. The molecule has 0 aliphatic rings. The highest BCUT2D eigenvalue weighted by molar-refractivity contribution is 7.15. The normalized spacial score (nSPS) is 10.4. The minimum Gasteiger partial charge on any atom is -0.493 e. The standard InChI is InChI=1S/C17H16ClN3O2S/c1-22-14-8-12(9-20-16-4-2-3-7-19-16)5-6-13(14)23-11-17-21-10-15(18)24-17/h2-8,10H,9,11H2,1H3,(H,19,20). The Balaban J connectivity index is 1.64. The van der Waals surface area contributed by atoms with Crippen LogP contribution in [0.4, 0.5) is 5.82 Å². The van der Waals surface area contributed by atoms with Crippen molar-refractivity contribution in [1.29, 1.82) is 0 Å². The van der Waals surface area contributed by atoms with Crippen LogP contribution < -0.4 is 14.8 Å². The molecule has 1 N–H and O–H groups in total. The molecule has 2 aromatic heterocycles. The number of methoxy groups -OCH3 is 1. The monoisotopic (exact) mass is 361 g/mol. The minimum absolute atomic E-state index is 0.360. The molecule has 0 fully saturated rings. The van der Waals surface area contributed by atoms with E-state index in [2.05, 4.69) is 15.3 Å². The topological polar surface area (TPSA) is 56.3 Å². The molecule has 5 nitrogen and oxygen atoms in total. The maximum absolute atomic E-state index is 5.87. The first-order valence-electron chi connectivity index (χ1n) is 7.29. The molecule has 0 saturated carbocycles. The Bertz CT molecular complexity index is 796. The lowest BCUT2D eigenvalue weighted by Crippen LogP contribution is -2.02. The number of anilines is 1. The van der Waals surface area contributed by atoms with Gasteiger partial charge in [0.05, 0.1) is 13.3 Å². The van der Waals surface area contributed by atoms with Gasteiger partial charge in [0.1, 0.15) is 21.8 Å². The molecule has 0 radical (unpaired) electrons. The summed E-state index contributed by atoms with van der Waals surface area (Å²) >= 11 is 7.27. The van der Waals surface area contributed by atoms with Gasteiger partial charge in [0.2, 0.25) is 0 Å². The molecule has 0 aliphatic carbocycles. The van der Waals surface area contributed by atoms with Crippen molar-refractivity contribution in [2.45, 2.75) is 13.2 Å². The fraction of sp³-hybridized carbons (Fsp3) is 0.176. The highest BCUT2D eigenvalue weighted by Gasteiger charge is 2.08. The summed E-state index contributed by atoms with van der Waals surface area (Å²) in [5, 5.41) is 4.08. The molecule has 3 aromatic rings. The second-order valence-electron chi connectivity index (χ2n) is 4.90. The van der Waals surface area contributed by atoms with E-state index in [-0.39, 0.29) is 0 Å². The van der Waals surface area contributed by atoms with E-state index in [1.54, 1.807) is 19.5 Å². The van der Waals surface area contributed by atoms with Crippen LogP contribution >= 0.6 is 22.9 Å². The molecule has 0 spiro atoms. The number of aromatic nitrogens is 2.